The summed E-state index contributed by atoms with van der Waals surface area (Å²) in [5, 5.41) is 11.4. The van der Waals surface area contributed by atoms with Crippen LogP contribution in [0.1, 0.15) is 22.7 Å². The number of carbonyl (C=O) groups is 2. The van der Waals surface area contributed by atoms with Crippen molar-refractivity contribution in [3.05, 3.63) is 83.2 Å². The van der Waals surface area contributed by atoms with Gasteiger partial charge in [0.2, 0.25) is 0 Å². The Morgan fingerprint density at radius 2 is 1.81 bits per heavy atom. The van der Waals surface area contributed by atoms with Crippen molar-refractivity contribution in [3.8, 4) is 23.0 Å². The average Bonchev–Trinajstić information content (AvgIpc) is 3.17. The minimum atomic E-state index is -0.877. The fraction of sp³-hybridized carbons (Fsp3) is 0.222. The van der Waals surface area contributed by atoms with Crippen LogP contribution in [0.25, 0.3) is 5.76 Å². The van der Waals surface area contributed by atoms with Gasteiger partial charge in [-0.3, -0.25) is 14.6 Å². The zero-order valence-corrected chi connectivity index (χ0v) is 19.8. The number of nitrogens with zero attached hydrogens (tertiary/aromatic N) is 2. The molecule has 3 heterocycles. The highest BCUT2D eigenvalue weighted by atomic mass is 16.6. The van der Waals surface area contributed by atoms with E-state index >= 15 is 0 Å². The van der Waals surface area contributed by atoms with Crippen molar-refractivity contribution >= 4 is 17.4 Å². The monoisotopic (exact) mass is 488 g/mol. The minimum Gasteiger partial charge on any atom is -0.507 e. The van der Waals surface area contributed by atoms with Gasteiger partial charge in [-0.25, -0.2) is 0 Å². The lowest BCUT2D eigenvalue weighted by atomic mass is 9.94. The summed E-state index contributed by atoms with van der Waals surface area (Å²) in [7, 11) is 3.03. The van der Waals surface area contributed by atoms with Crippen LogP contribution in [-0.2, 0) is 16.1 Å². The average molecular weight is 488 g/mol. The maximum absolute atomic E-state index is 13.3. The fourth-order valence-corrected chi connectivity index (χ4v) is 4.45. The number of aromatic nitrogens is 1. The highest BCUT2D eigenvalue weighted by Crippen LogP contribution is 2.43. The number of fused-ring (bicyclic) bond motifs is 1. The first-order valence-electron chi connectivity index (χ1n) is 11.3. The van der Waals surface area contributed by atoms with Gasteiger partial charge in [-0.1, -0.05) is 12.1 Å². The molecular formula is C27H24N2O7. The molecule has 184 valence electrons. The number of hydrogen-bond acceptors (Lipinski definition) is 8. The molecule has 1 aromatic heterocycles. The Bertz CT molecular complexity index is 1350. The van der Waals surface area contributed by atoms with Crippen LogP contribution < -0.4 is 18.9 Å². The van der Waals surface area contributed by atoms with Crippen molar-refractivity contribution in [1.82, 2.24) is 9.88 Å². The van der Waals surface area contributed by atoms with E-state index in [1.807, 2.05) is 6.07 Å². The van der Waals surface area contributed by atoms with Gasteiger partial charge >= 0.3 is 0 Å². The number of carbonyl (C=O) groups excluding carboxylic acids is 2. The van der Waals surface area contributed by atoms with E-state index in [9.17, 15) is 14.7 Å². The number of aliphatic hydroxyl groups excluding tert-OH is 1. The number of aliphatic hydroxyl groups is 1. The summed E-state index contributed by atoms with van der Waals surface area (Å²) < 4.78 is 22.0. The van der Waals surface area contributed by atoms with Crippen LogP contribution in [0.2, 0.25) is 0 Å². The molecule has 3 aromatic rings. The molecular weight excluding hydrogens is 464 g/mol. The van der Waals surface area contributed by atoms with Gasteiger partial charge in [-0.05, 0) is 47.5 Å². The maximum Gasteiger partial charge on any atom is 0.295 e. The second-order valence-electron chi connectivity index (χ2n) is 8.26. The number of benzene rings is 2. The standard InChI is InChI=1S/C27H24N2O7/c1-33-19-7-5-17(12-21(19)34-2)24-23(25(30)18-6-8-20-22(13-18)36-11-10-35-20)26(31)27(32)29(24)15-16-4-3-9-28-14-16/h3-9,12-14,24,30H,10-11,15H2,1-2H3/b25-23+/t24-/m0/s1. The molecule has 0 saturated carbocycles. The van der Waals surface area contributed by atoms with Crippen molar-refractivity contribution in [2.45, 2.75) is 12.6 Å². The van der Waals surface area contributed by atoms with Crippen molar-refractivity contribution in [3.63, 3.8) is 0 Å². The first-order valence-corrected chi connectivity index (χ1v) is 11.3. The summed E-state index contributed by atoms with van der Waals surface area (Å²) in [5.74, 6) is 0.116. The van der Waals surface area contributed by atoms with Crippen molar-refractivity contribution in [2.75, 3.05) is 27.4 Å². The van der Waals surface area contributed by atoms with Crippen molar-refractivity contribution in [1.29, 1.82) is 0 Å². The Balaban J connectivity index is 1.65. The maximum atomic E-state index is 13.3. The lowest BCUT2D eigenvalue weighted by Gasteiger charge is -2.26. The molecule has 9 nitrogen and oxygen atoms in total. The molecule has 1 saturated heterocycles. The zero-order chi connectivity index (χ0) is 25.2. The van der Waals surface area contributed by atoms with Gasteiger partial charge in [0.05, 0.1) is 25.8 Å². The molecule has 1 amide bonds. The third-order valence-electron chi connectivity index (χ3n) is 6.15. The van der Waals surface area contributed by atoms with E-state index in [0.29, 0.717) is 47.3 Å². The van der Waals surface area contributed by atoms with E-state index < -0.39 is 17.7 Å². The number of methoxy groups -OCH3 is 2. The fourth-order valence-electron chi connectivity index (χ4n) is 4.45. The number of amides is 1. The van der Waals surface area contributed by atoms with Gasteiger partial charge in [0.1, 0.15) is 19.0 Å². The molecule has 2 aliphatic heterocycles. The smallest absolute Gasteiger partial charge is 0.295 e. The lowest BCUT2D eigenvalue weighted by Crippen LogP contribution is -2.29. The van der Waals surface area contributed by atoms with E-state index in [4.69, 9.17) is 18.9 Å². The Morgan fingerprint density at radius 3 is 2.53 bits per heavy atom. The van der Waals surface area contributed by atoms with Crippen molar-refractivity contribution in [2.24, 2.45) is 0 Å². The molecule has 1 fully saturated rings. The number of rotatable bonds is 6. The van der Waals surface area contributed by atoms with Gasteiger partial charge in [0, 0.05) is 24.5 Å². The van der Waals surface area contributed by atoms with Crippen LogP contribution in [0, 0.1) is 0 Å². The number of likely N-dealkylation sites (tertiary alicyclic amines) is 1. The van der Waals surface area contributed by atoms with Crippen LogP contribution in [-0.4, -0.2) is 54.1 Å². The summed E-state index contributed by atoms with van der Waals surface area (Å²) in [5.41, 5.74) is 1.62. The Kier molecular flexibility index (Phi) is 6.20. The summed E-state index contributed by atoms with van der Waals surface area (Å²) >= 11 is 0. The van der Waals surface area contributed by atoms with Gasteiger partial charge in [-0.15, -0.1) is 0 Å². The third kappa shape index (κ3) is 4.08. The van der Waals surface area contributed by atoms with Crippen LogP contribution in [0.4, 0.5) is 0 Å². The van der Waals surface area contributed by atoms with E-state index in [-0.39, 0.29) is 17.9 Å². The predicted octanol–water partition coefficient (Wildman–Crippen LogP) is 3.49. The molecule has 0 spiro atoms. The zero-order valence-electron chi connectivity index (χ0n) is 19.8. The van der Waals surface area contributed by atoms with Gasteiger partial charge in [-0.2, -0.15) is 0 Å². The second-order valence-corrected chi connectivity index (χ2v) is 8.26. The Labute approximate surface area is 207 Å². The molecule has 36 heavy (non-hydrogen) atoms. The molecule has 2 aromatic carbocycles. The van der Waals surface area contributed by atoms with Crippen LogP contribution >= 0.6 is 0 Å². The van der Waals surface area contributed by atoms with E-state index in [2.05, 4.69) is 4.98 Å². The van der Waals surface area contributed by atoms with Gasteiger partial charge in [0.25, 0.3) is 11.7 Å². The molecule has 1 N–H and O–H groups in total. The van der Waals surface area contributed by atoms with Crippen molar-refractivity contribution < 1.29 is 33.6 Å². The third-order valence-corrected chi connectivity index (χ3v) is 6.15. The van der Waals surface area contributed by atoms with Gasteiger partial charge in [0.15, 0.2) is 23.0 Å². The van der Waals surface area contributed by atoms with Crippen LogP contribution in [0.5, 0.6) is 23.0 Å². The number of hydrogen-bond donors (Lipinski definition) is 1. The molecule has 0 radical (unpaired) electrons. The number of Topliss-reactive ketones (excluding diaryl/α,β-unsaturated/α-hetero) is 1. The summed E-state index contributed by atoms with van der Waals surface area (Å²) in [6.07, 6.45) is 3.26. The SMILES string of the molecule is COc1ccc([C@H]2/C(=C(\O)c3ccc4c(c3)OCCO4)C(=O)C(=O)N2Cc2cccnc2)cc1OC. The van der Waals surface area contributed by atoms with Crippen LogP contribution in [0.3, 0.4) is 0 Å². The molecule has 0 unspecified atom stereocenters. The highest BCUT2D eigenvalue weighted by Gasteiger charge is 2.46. The van der Waals surface area contributed by atoms with E-state index in [0.717, 1.165) is 5.56 Å². The molecule has 0 aliphatic carbocycles. The minimum absolute atomic E-state index is 0.0345. The number of ketones is 1. The molecule has 0 bridgehead atoms. The van der Waals surface area contributed by atoms with Gasteiger partial charge < -0.3 is 29.0 Å². The summed E-state index contributed by atoms with van der Waals surface area (Å²) in [6.45, 7) is 0.921. The highest BCUT2D eigenvalue weighted by molar-refractivity contribution is 6.46. The first-order chi connectivity index (χ1) is 17.5. The normalized spacial score (nSPS) is 18.3. The quantitative estimate of drug-likeness (QED) is 0.319. The molecule has 1 atom stereocenters. The largest absolute Gasteiger partial charge is 0.507 e. The number of pyridine rings is 1. The van der Waals surface area contributed by atoms with E-state index in [1.54, 1.807) is 54.9 Å². The number of ether oxygens (including phenoxy) is 4. The lowest BCUT2D eigenvalue weighted by molar-refractivity contribution is -0.140. The summed E-state index contributed by atoms with van der Waals surface area (Å²) in [6, 6.07) is 12.7. The molecule has 9 heteroatoms. The first kappa shape index (κ1) is 23.2. The second kappa shape index (κ2) is 9.61. The van der Waals surface area contributed by atoms with Crippen LogP contribution in [0.15, 0.2) is 66.5 Å². The Morgan fingerprint density at radius 1 is 1.03 bits per heavy atom. The predicted molar refractivity (Wildman–Crippen MR) is 129 cm³/mol. The van der Waals surface area contributed by atoms with E-state index in [1.165, 1.54) is 19.1 Å². The molecule has 2 aliphatic rings. The topological polar surface area (TPSA) is 107 Å². The Hall–Kier alpha value is -4.53. The summed E-state index contributed by atoms with van der Waals surface area (Å²) in [4.78, 5) is 32.1. The molecule has 5 rings (SSSR count).